The summed E-state index contributed by atoms with van der Waals surface area (Å²) < 4.78 is 1.89. The molecule has 130 valence electrons. The molecule has 0 unspecified atom stereocenters. The summed E-state index contributed by atoms with van der Waals surface area (Å²) in [6.45, 7) is 0. The minimum Gasteiger partial charge on any atom is -0.508 e. The second-order valence-electron chi connectivity index (χ2n) is 6.57. The Bertz CT molecular complexity index is 867. The number of rotatable bonds is 4. The van der Waals surface area contributed by atoms with Gasteiger partial charge in [0.2, 0.25) is 5.95 Å². The SMILES string of the molecule is Cn1cnc2c(NC3CCCCC3)nc(Nc3ccc(O)cc3)nc21. The quantitative estimate of drug-likeness (QED) is 0.631. The number of nitrogens with one attached hydrogen (secondary N) is 2. The van der Waals surface area contributed by atoms with Crippen LogP contribution in [0.25, 0.3) is 11.2 Å². The Morgan fingerprint density at radius 2 is 1.84 bits per heavy atom. The molecular weight excluding hydrogens is 316 g/mol. The Balaban J connectivity index is 1.66. The normalized spacial score (nSPS) is 15.4. The van der Waals surface area contributed by atoms with Crippen molar-refractivity contribution in [3.05, 3.63) is 30.6 Å². The molecule has 7 nitrogen and oxygen atoms in total. The fourth-order valence-electron chi connectivity index (χ4n) is 3.28. The third-order valence-electron chi connectivity index (χ3n) is 4.63. The van der Waals surface area contributed by atoms with Crippen LogP contribution in [-0.2, 0) is 7.05 Å². The number of anilines is 3. The average molecular weight is 338 g/mol. The summed E-state index contributed by atoms with van der Waals surface area (Å²) in [6.07, 6.45) is 7.92. The molecule has 25 heavy (non-hydrogen) atoms. The van der Waals surface area contributed by atoms with Gasteiger partial charge in [-0.15, -0.1) is 0 Å². The molecule has 1 aliphatic carbocycles. The van der Waals surface area contributed by atoms with Gasteiger partial charge in [0.25, 0.3) is 0 Å². The maximum absolute atomic E-state index is 9.42. The standard InChI is InChI=1S/C18H22N6O/c1-24-11-19-15-16(20-12-5-3-2-4-6-12)22-18(23-17(15)24)21-13-7-9-14(25)10-8-13/h7-12,25H,2-6H2,1H3,(H2,20,21,22,23). The van der Waals surface area contributed by atoms with Crippen molar-refractivity contribution in [3.63, 3.8) is 0 Å². The molecule has 1 aliphatic rings. The number of hydrogen-bond donors (Lipinski definition) is 3. The van der Waals surface area contributed by atoms with Crippen LogP contribution in [0.4, 0.5) is 17.5 Å². The first-order valence-electron chi connectivity index (χ1n) is 8.71. The molecule has 2 aromatic heterocycles. The van der Waals surface area contributed by atoms with Gasteiger partial charge in [-0.3, -0.25) is 0 Å². The van der Waals surface area contributed by atoms with Crippen LogP contribution in [0, 0.1) is 0 Å². The number of aromatic hydroxyl groups is 1. The molecule has 0 bridgehead atoms. The molecule has 0 aliphatic heterocycles. The fraction of sp³-hybridized carbons (Fsp3) is 0.389. The lowest BCUT2D eigenvalue weighted by Gasteiger charge is -2.23. The van der Waals surface area contributed by atoms with Gasteiger partial charge >= 0.3 is 0 Å². The Labute approximate surface area is 146 Å². The van der Waals surface area contributed by atoms with Crippen LogP contribution in [0.15, 0.2) is 30.6 Å². The highest BCUT2D eigenvalue weighted by Crippen LogP contribution is 2.26. The van der Waals surface area contributed by atoms with Crippen LogP contribution in [0.3, 0.4) is 0 Å². The number of imidazole rings is 1. The molecule has 0 spiro atoms. The van der Waals surface area contributed by atoms with Crippen molar-refractivity contribution in [3.8, 4) is 5.75 Å². The van der Waals surface area contributed by atoms with Gasteiger partial charge in [0.05, 0.1) is 6.33 Å². The maximum atomic E-state index is 9.42. The van der Waals surface area contributed by atoms with Crippen molar-refractivity contribution >= 4 is 28.6 Å². The largest absolute Gasteiger partial charge is 0.508 e. The van der Waals surface area contributed by atoms with Crippen molar-refractivity contribution in [2.24, 2.45) is 7.05 Å². The molecule has 1 saturated carbocycles. The highest BCUT2D eigenvalue weighted by Gasteiger charge is 2.18. The first-order valence-corrected chi connectivity index (χ1v) is 8.71. The number of phenolic OH excluding ortho intramolecular Hbond substituents is 1. The van der Waals surface area contributed by atoms with Crippen molar-refractivity contribution in [2.45, 2.75) is 38.1 Å². The molecule has 1 fully saturated rings. The molecule has 0 saturated heterocycles. The fourth-order valence-corrected chi connectivity index (χ4v) is 3.28. The lowest BCUT2D eigenvalue weighted by Crippen LogP contribution is -2.23. The number of nitrogens with zero attached hydrogens (tertiary/aromatic N) is 4. The molecule has 0 radical (unpaired) electrons. The monoisotopic (exact) mass is 338 g/mol. The Morgan fingerprint density at radius 1 is 1.08 bits per heavy atom. The molecule has 3 N–H and O–H groups in total. The van der Waals surface area contributed by atoms with E-state index in [0.29, 0.717) is 12.0 Å². The van der Waals surface area contributed by atoms with E-state index in [4.69, 9.17) is 0 Å². The van der Waals surface area contributed by atoms with Crippen LogP contribution in [-0.4, -0.2) is 30.7 Å². The van der Waals surface area contributed by atoms with E-state index in [9.17, 15) is 5.11 Å². The highest BCUT2D eigenvalue weighted by molar-refractivity contribution is 5.84. The van der Waals surface area contributed by atoms with Crippen LogP contribution >= 0.6 is 0 Å². The molecular formula is C18H22N6O. The smallest absolute Gasteiger partial charge is 0.231 e. The van der Waals surface area contributed by atoms with Gasteiger partial charge in [0, 0.05) is 18.8 Å². The van der Waals surface area contributed by atoms with E-state index in [2.05, 4.69) is 25.6 Å². The van der Waals surface area contributed by atoms with Gasteiger partial charge in [0.1, 0.15) is 5.75 Å². The summed E-state index contributed by atoms with van der Waals surface area (Å²) in [7, 11) is 1.93. The number of benzene rings is 1. The molecule has 7 heteroatoms. The lowest BCUT2D eigenvalue weighted by molar-refractivity contribution is 0.462. The number of aromatic nitrogens is 4. The topological polar surface area (TPSA) is 87.9 Å². The highest BCUT2D eigenvalue weighted by atomic mass is 16.3. The average Bonchev–Trinajstić information content (AvgIpc) is 2.99. The Morgan fingerprint density at radius 3 is 2.60 bits per heavy atom. The van der Waals surface area contributed by atoms with Gasteiger partial charge in [-0.2, -0.15) is 9.97 Å². The maximum Gasteiger partial charge on any atom is 0.231 e. The van der Waals surface area contributed by atoms with E-state index in [0.717, 1.165) is 22.7 Å². The molecule has 0 atom stereocenters. The van der Waals surface area contributed by atoms with Crippen molar-refractivity contribution in [1.29, 1.82) is 0 Å². The van der Waals surface area contributed by atoms with E-state index >= 15 is 0 Å². The van der Waals surface area contributed by atoms with E-state index in [-0.39, 0.29) is 5.75 Å². The van der Waals surface area contributed by atoms with Gasteiger partial charge in [-0.1, -0.05) is 19.3 Å². The van der Waals surface area contributed by atoms with Gasteiger partial charge < -0.3 is 20.3 Å². The van der Waals surface area contributed by atoms with Crippen molar-refractivity contribution in [2.75, 3.05) is 10.6 Å². The Hall–Kier alpha value is -2.83. The molecule has 0 amide bonds. The lowest BCUT2D eigenvalue weighted by atomic mass is 9.95. The van der Waals surface area contributed by atoms with Crippen molar-refractivity contribution < 1.29 is 5.11 Å². The number of phenols is 1. The van der Waals surface area contributed by atoms with Crippen LogP contribution < -0.4 is 10.6 Å². The van der Waals surface area contributed by atoms with E-state index < -0.39 is 0 Å². The van der Waals surface area contributed by atoms with Crippen LogP contribution in [0.2, 0.25) is 0 Å². The second kappa shape index (κ2) is 6.58. The third-order valence-corrected chi connectivity index (χ3v) is 4.63. The van der Waals surface area contributed by atoms with Gasteiger partial charge in [-0.05, 0) is 37.1 Å². The van der Waals surface area contributed by atoms with Gasteiger partial charge in [0.15, 0.2) is 17.0 Å². The first kappa shape index (κ1) is 15.7. The molecule has 4 rings (SSSR count). The van der Waals surface area contributed by atoms with Crippen LogP contribution in [0.5, 0.6) is 5.75 Å². The minimum atomic E-state index is 0.230. The minimum absolute atomic E-state index is 0.230. The number of hydrogen-bond acceptors (Lipinski definition) is 6. The van der Waals surface area contributed by atoms with Crippen LogP contribution in [0.1, 0.15) is 32.1 Å². The summed E-state index contributed by atoms with van der Waals surface area (Å²) in [4.78, 5) is 13.7. The van der Waals surface area contributed by atoms with Gasteiger partial charge in [-0.25, -0.2) is 4.98 Å². The molecule has 3 aromatic rings. The second-order valence-corrected chi connectivity index (χ2v) is 6.57. The summed E-state index contributed by atoms with van der Waals surface area (Å²) in [5, 5.41) is 16.2. The molecule has 1 aromatic carbocycles. The summed E-state index contributed by atoms with van der Waals surface area (Å²) in [5.74, 6) is 1.52. The number of fused-ring (bicyclic) bond motifs is 1. The zero-order valence-corrected chi connectivity index (χ0v) is 14.2. The Kier molecular flexibility index (Phi) is 4.13. The summed E-state index contributed by atoms with van der Waals surface area (Å²) in [6, 6.07) is 7.29. The third kappa shape index (κ3) is 3.35. The van der Waals surface area contributed by atoms with E-state index in [1.165, 1.54) is 32.1 Å². The predicted molar refractivity (Wildman–Crippen MR) is 98.2 cm³/mol. The molecule has 2 heterocycles. The van der Waals surface area contributed by atoms with Crippen molar-refractivity contribution in [1.82, 2.24) is 19.5 Å². The predicted octanol–water partition coefficient (Wildman–Crippen LogP) is 3.56. The zero-order valence-electron chi connectivity index (χ0n) is 14.2. The number of aryl methyl sites for hydroxylation is 1. The zero-order chi connectivity index (χ0) is 17.2. The van der Waals surface area contributed by atoms with E-state index in [1.54, 1.807) is 30.6 Å². The summed E-state index contributed by atoms with van der Waals surface area (Å²) in [5.41, 5.74) is 2.40. The van der Waals surface area contributed by atoms with E-state index in [1.807, 2.05) is 11.6 Å². The first-order chi connectivity index (χ1) is 12.2. The summed E-state index contributed by atoms with van der Waals surface area (Å²) >= 11 is 0.